The molecule has 0 aromatic heterocycles. The van der Waals surface area contributed by atoms with Gasteiger partial charge in [0, 0.05) is 11.6 Å². The quantitative estimate of drug-likeness (QED) is 0.925. The Labute approximate surface area is 130 Å². The van der Waals surface area contributed by atoms with Gasteiger partial charge in [-0.25, -0.2) is 5.43 Å². The van der Waals surface area contributed by atoms with Crippen LogP contribution in [-0.4, -0.2) is 11.6 Å². The molecule has 1 heterocycles. The van der Waals surface area contributed by atoms with E-state index in [0.29, 0.717) is 11.6 Å². The highest BCUT2D eigenvalue weighted by Gasteiger charge is 2.40. The predicted molar refractivity (Wildman–Crippen MR) is 82.7 cm³/mol. The molecule has 1 N–H and O–H groups in total. The Morgan fingerprint density at radius 2 is 1.68 bits per heavy atom. The van der Waals surface area contributed by atoms with Gasteiger partial charge < -0.3 is 0 Å². The number of carbonyl (C=O) groups is 1. The highest BCUT2D eigenvalue weighted by molar-refractivity contribution is 6.07. The molecule has 2 rings (SSSR count). The fourth-order valence-electron chi connectivity index (χ4n) is 2.76. The summed E-state index contributed by atoms with van der Waals surface area (Å²) >= 11 is 0. The summed E-state index contributed by atoms with van der Waals surface area (Å²) in [5.74, 6) is -1.85. The molecule has 112 valence electrons. The van der Waals surface area contributed by atoms with Gasteiger partial charge >= 0.3 is 0 Å². The molecule has 0 saturated heterocycles. The molecule has 1 aliphatic heterocycles. The summed E-state index contributed by atoms with van der Waals surface area (Å²) in [6.45, 7) is 5.94. The van der Waals surface area contributed by atoms with Gasteiger partial charge in [0.05, 0.1) is 18.1 Å². The zero-order valence-electron chi connectivity index (χ0n) is 12.9. The number of nitriles is 2. The molecule has 1 amide bonds. The molecule has 0 aliphatic carbocycles. The van der Waals surface area contributed by atoms with Crippen LogP contribution in [0.5, 0.6) is 0 Å². The summed E-state index contributed by atoms with van der Waals surface area (Å²) in [6.07, 6.45) is 0. The van der Waals surface area contributed by atoms with Gasteiger partial charge in [-0.1, -0.05) is 38.1 Å². The van der Waals surface area contributed by atoms with Gasteiger partial charge in [0.25, 0.3) is 0 Å². The van der Waals surface area contributed by atoms with Crippen LogP contribution in [0.25, 0.3) is 0 Å². The zero-order valence-corrected chi connectivity index (χ0v) is 12.9. The first kappa shape index (κ1) is 15.7. The van der Waals surface area contributed by atoms with Crippen LogP contribution in [0.2, 0.25) is 0 Å². The number of rotatable bonds is 4. The standard InChI is InChI=1S/C17H18N4O/c1-10(2)12-4-6-13(7-5-12)16(14(8-18)9-19)15-11(3)20-21-17(15)22/h4-7,10,14-16H,1-3H3,(H,21,22)/t15-,16-/m1/s1. The van der Waals surface area contributed by atoms with E-state index in [4.69, 9.17) is 0 Å². The van der Waals surface area contributed by atoms with Gasteiger partial charge in [0.15, 0.2) is 0 Å². The lowest BCUT2D eigenvalue weighted by Gasteiger charge is -2.23. The van der Waals surface area contributed by atoms with Crippen molar-refractivity contribution in [2.45, 2.75) is 32.6 Å². The van der Waals surface area contributed by atoms with Gasteiger partial charge in [-0.05, 0) is 24.0 Å². The van der Waals surface area contributed by atoms with Crippen molar-refractivity contribution in [3.05, 3.63) is 35.4 Å². The van der Waals surface area contributed by atoms with Crippen LogP contribution in [0.15, 0.2) is 29.4 Å². The molecule has 0 unspecified atom stereocenters. The van der Waals surface area contributed by atoms with Crippen molar-refractivity contribution < 1.29 is 4.79 Å². The Kier molecular flexibility index (Phi) is 4.58. The summed E-state index contributed by atoms with van der Waals surface area (Å²) in [6, 6.07) is 11.8. The molecule has 0 bridgehead atoms. The summed E-state index contributed by atoms with van der Waals surface area (Å²) in [7, 11) is 0. The molecule has 0 radical (unpaired) electrons. The lowest BCUT2D eigenvalue weighted by atomic mass is 9.75. The van der Waals surface area contributed by atoms with E-state index in [-0.39, 0.29) is 5.91 Å². The van der Waals surface area contributed by atoms with Crippen molar-refractivity contribution in [1.82, 2.24) is 5.43 Å². The van der Waals surface area contributed by atoms with Gasteiger partial charge in [-0.3, -0.25) is 4.79 Å². The fraction of sp³-hybridized carbons (Fsp3) is 0.412. The van der Waals surface area contributed by atoms with E-state index in [2.05, 4.69) is 24.4 Å². The molecule has 1 aromatic rings. The van der Waals surface area contributed by atoms with E-state index >= 15 is 0 Å². The maximum absolute atomic E-state index is 12.1. The second-order valence-electron chi connectivity index (χ2n) is 5.79. The SMILES string of the molecule is CC1=NNC(=O)[C@H]1[C@H](c1ccc(C(C)C)cc1)C(C#N)C#N. The van der Waals surface area contributed by atoms with Crippen molar-refractivity contribution in [3.63, 3.8) is 0 Å². The Morgan fingerprint density at radius 1 is 1.14 bits per heavy atom. The molecule has 22 heavy (non-hydrogen) atoms. The number of amides is 1. The van der Waals surface area contributed by atoms with Crippen LogP contribution in [0.4, 0.5) is 0 Å². The molecule has 5 nitrogen and oxygen atoms in total. The van der Waals surface area contributed by atoms with Gasteiger partial charge in [-0.2, -0.15) is 15.6 Å². The van der Waals surface area contributed by atoms with Crippen molar-refractivity contribution in [2.24, 2.45) is 16.9 Å². The van der Waals surface area contributed by atoms with E-state index < -0.39 is 17.8 Å². The van der Waals surface area contributed by atoms with E-state index in [1.54, 1.807) is 6.92 Å². The lowest BCUT2D eigenvalue weighted by molar-refractivity contribution is -0.122. The van der Waals surface area contributed by atoms with Crippen LogP contribution in [0, 0.1) is 34.5 Å². The fourth-order valence-corrected chi connectivity index (χ4v) is 2.76. The Hall–Kier alpha value is -2.66. The molecule has 1 aliphatic rings. The highest BCUT2D eigenvalue weighted by atomic mass is 16.2. The number of nitrogens with zero attached hydrogens (tertiary/aromatic N) is 3. The smallest absolute Gasteiger partial charge is 0.249 e. The third-order valence-corrected chi connectivity index (χ3v) is 4.06. The first-order valence-corrected chi connectivity index (χ1v) is 7.22. The van der Waals surface area contributed by atoms with Crippen molar-refractivity contribution in [3.8, 4) is 12.1 Å². The summed E-state index contributed by atoms with van der Waals surface area (Å²) in [5.41, 5.74) is 5.03. The number of hydrogen-bond donors (Lipinski definition) is 1. The average Bonchev–Trinajstić information content (AvgIpc) is 2.84. The van der Waals surface area contributed by atoms with Crippen molar-refractivity contribution >= 4 is 11.6 Å². The molecule has 0 saturated carbocycles. The molecular weight excluding hydrogens is 276 g/mol. The minimum atomic E-state index is -0.899. The van der Waals surface area contributed by atoms with Crippen LogP contribution < -0.4 is 5.43 Å². The first-order chi connectivity index (χ1) is 10.5. The van der Waals surface area contributed by atoms with E-state index in [9.17, 15) is 15.3 Å². The van der Waals surface area contributed by atoms with Crippen LogP contribution in [0.3, 0.4) is 0 Å². The Bertz CT molecular complexity index is 662. The topological polar surface area (TPSA) is 89.0 Å². The molecule has 0 spiro atoms. The highest BCUT2D eigenvalue weighted by Crippen LogP contribution is 2.35. The third-order valence-electron chi connectivity index (χ3n) is 4.06. The molecular formula is C17H18N4O. The molecule has 0 fully saturated rings. The summed E-state index contributed by atoms with van der Waals surface area (Å²) < 4.78 is 0. The van der Waals surface area contributed by atoms with Crippen LogP contribution in [-0.2, 0) is 4.79 Å². The number of carbonyl (C=O) groups excluding carboxylic acids is 1. The van der Waals surface area contributed by atoms with Crippen LogP contribution in [0.1, 0.15) is 43.7 Å². The van der Waals surface area contributed by atoms with Crippen molar-refractivity contribution in [2.75, 3.05) is 0 Å². The number of hydrogen-bond acceptors (Lipinski definition) is 4. The minimum absolute atomic E-state index is 0.258. The van der Waals surface area contributed by atoms with Gasteiger partial charge in [0.1, 0.15) is 5.92 Å². The van der Waals surface area contributed by atoms with E-state index in [1.165, 1.54) is 5.56 Å². The maximum Gasteiger partial charge on any atom is 0.249 e. The Balaban J connectivity index is 2.46. The first-order valence-electron chi connectivity index (χ1n) is 7.22. The summed E-state index contributed by atoms with van der Waals surface area (Å²) in [5, 5.41) is 22.5. The largest absolute Gasteiger partial charge is 0.272 e. The molecule has 5 heteroatoms. The second kappa shape index (κ2) is 6.41. The number of nitrogens with one attached hydrogen (secondary N) is 1. The molecule has 1 aromatic carbocycles. The minimum Gasteiger partial charge on any atom is -0.272 e. The number of hydrazone groups is 1. The van der Waals surface area contributed by atoms with Crippen LogP contribution >= 0.6 is 0 Å². The van der Waals surface area contributed by atoms with E-state index in [0.717, 1.165) is 5.56 Å². The van der Waals surface area contributed by atoms with Gasteiger partial charge in [0.2, 0.25) is 5.91 Å². The van der Waals surface area contributed by atoms with Gasteiger partial charge in [-0.15, -0.1) is 0 Å². The lowest BCUT2D eigenvalue weighted by Crippen LogP contribution is -2.32. The van der Waals surface area contributed by atoms with Crippen molar-refractivity contribution in [1.29, 1.82) is 10.5 Å². The Morgan fingerprint density at radius 3 is 2.09 bits per heavy atom. The monoisotopic (exact) mass is 294 g/mol. The third kappa shape index (κ3) is 2.84. The second-order valence-corrected chi connectivity index (χ2v) is 5.79. The number of benzene rings is 1. The molecule has 2 atom stereocenters. The van der Waals surface area contributed by atoms with E-state index in [1.807, 2.05) is 36.4 Å². The normalized spacial score (nSPS) is 18.6. The zero-order chi connectivity index (χ0) is 16.3. The maximum atomic E-state index is 12.1. The average molecular weight is 294 g/mol. The predicted octanol–water partition coefficient (Wildman–Crippen LogP) is 2.68. The summed E-state index contributed by atoms with van der Waals surface area (Å²) in [4.78, 5) is 12.1.